The first-order valence-electron chi connectivity index (χ1n) is 18.6. The van der Waals surface area contributed by atoms with Gasteiger partial charge in [-0.25, -0.2) is 4.90 Å². The second kappa shape index (κ2) is 13.9. The van der Waals surface area contributed by atoms with Gasteiger partial charge in [0.25, 0.3) is 0 Å². The van der Waals surface area contributed by atoms with E-state index in [2.05, 4.69) is 10.1 Å². The van der Waals surface area contributed by atoms with E-state index in [9.17, 15) is 32.7 Å². The van der Waals surface area contributed by atoms with Gasteiger partial charge in [-0.1, -0.05) is 77.8 Å². The van der Waals surface area contributed by atoms with Crippen molar-refractivity contribution >= 4 is 58.0 Å². The number of anilines is 4. The average molecular weight is 804 g/mol. The Labute approximate surface area is 335 Å². The van der Waals surface area contributed by atoms with Crippen LogP contribution in [0, 0.1) is 23.7 Å². The minimum absolute atomic E-state index is 0.0493. The van der Waals surface area contributed by atoms with Crippen LogP contribution in [-0.2, 0) is 24.6 Å². The summed E-state index contributed by atoms with van der Waals surface area (Å²) >= 11 is 6.36. The number of allylic oxidation sites excluding steroid dienone is 2. The fourth-order valence-electron chi connectivity index (χ4n) is 9.69. The molecule has 2 heterocycles. The molecule has 0 radical (unpaired) electrons. The molecule has 3 fully saturated rings. The zero-order valence-electron chi connectivity index (χ0n) is 30.4. The van der Waals surface area contributed by atoms with Crippen molar-refractivity contribution in [2.75, 3.05) is 15.1 Å². The Hall–Kier alpha value is -6.40. The molecule has 4 aliphatic rings. The smallest absolute Gasteiger partial charge is 0.508 e. The van der Waals surface area contributed by atoms with Gasteiger partial charge in [0, 0.05) is 27.9 Å². The lowest BCUT2D eigenvalue weighted by Gasteiger charge is -2.50. The quantitative estimate of drug-likeness (QED) is 0.125. The summed E-state index contributed by atoms with van der Waals surface area (Å²) in [7, 11) is 0. The predicted octanol–water partition coefficient (Wildman–Crippen LogP) is 9.05. The van der Waals surface area contributed by atoms with Crippen molar-refractivity contribution < 1.29 is 42.2 Å². The summed E-state index contributed by atoms with van der Waals surface area (Å²) in [6.45, 7) is 0. The first-order chi connectivity index (χ1) is 27.9. The van der Waals surface area contributed by atoms with Gasteiger partial charge in [-0.3, -0.25) is 24.1 Å². The first-order valence-corrected chi connectivity index (χ1v) is 19.0. The minimum atomic E-state index is -5.08. The number of alkyl halides is 3. The number of aromatic hydroxyl groups is 1. The highest BCUT2D eigenvalue weighted by Gasteiger charge is 2.70. The molecule has 0 bridgehead atoms. The standard InChI is InChI=1S/C45H33ClF3N3O6/c46-26-10-7-13-30(22-26)52-41(55)36-24-34-32(19-20-33-38(34)42(56)51(40(33)54)29-16-14-28(15-17-29)50-27-11-5-2-6-12-27)39(44(36,43(52)57)25-8-3-1-4-9-25)35-23-31(18-21-37(35)53)58-45(47,48)49/h1-19,21-23,33-34,36,38-39,50,53H,20,24H2/t33-,34+,36-,38-,39+,44+/m0/s1. The van der Waals surface area contributed by atoms with Gasteiger partial charge in [0.1, 0.15) is 11.5 Å². The third-order valence-electron chi connectivity index (χ3n) is 11.9. The molecule has 9 nitrogen and oxygen atoms in total. The van der Waals surface area contributed by atoms with Gasteiger partial charge < -0.3 is 15.2 Å². The van der Waals surface area contributed by atoms with Crippen molar-refractivity contribution in [2.45, 2.75) is 30.5 Å². The van der Waals surface area contributed by atoms with Crippen LogP contribution in [0.4, 0.5) is 35.9 Å². The fourth-order valence-corrected chi connectivity index (χ4v) is 9.87. The molecule has 6 atom stereocenters. The molecular formula is C45H33ClF3N3O6. The first kappa shape index (κ1) is 37.2. The SMILES string of the molecule is O=C1[C@H]2[C@H](CC=C3[C@H]2C[C@H]2C(=O)N(c4cccc(Cl)c4)C(=O)[C@@]2(c2ccccc2)[C@H]3c2cc(OC(F)(F)F)ccc2O)C(=O)N1c1ccc(Nc2ccccc2)cc1. The molecule has 0 aromatic heterocycles. The molecule has 2 N–H and O–H groups in total. The van der Waals surface area contributed by atoms with Gasteiger partial charge in [0.2, 0.25) is 23.6 Å². The van der Waals surface area contributed by atoms with E-state index in [4.69, 9.17) is 11.6 Å². The monoisotopic (exact) mass is 803 g/mol. The van der Waals surface area contributed by atoms with Crippen LogP contribution in [0.2, 0.25) is 5.02 Å². The minimum Gasteiger partial charge on any atom is -0.508 e. The van der Waals surface area contributed by atoms with E-state index in [-0.39, 0.29) is 29.1 Å². The number of amides is 4. The maximum absolute atomic E-state index is 15.4. The number of phenols is 1. The Morgan fingerprint density at radius 1 is 0.724 bits per heavy atom. The molecule has 58 heavy (non-hydrogen) atoms. The van der Waals surface area contributed by atoms with Crippen LogP contribution in [0.5, 0.6) is 11.5 Å². The van der Waals surface area contributed by atoms with Gasteiger partial charge in [0.15, 0.2) is 0 Å². The molecule has 4 amide bonds. The van der Waals surface area contributed by atoms with E-state index >= 15 is 4.79 Å². The second-order valence-electron chi connectivity index (χ2n) is 14.9. The summed E-state index contributed by atoms with van der Waals surface area (Å²) in [6.07, 6.45) is -3.31. The van der Waals surface area contributed by atoms with Crippen molar-refractivity contribution in [3.8, 4) is 11.5 Å². The number of hydrogen-bond acceptors (Lipinski definition) is 7. The van der Waals surface area contributed by atoms with Crippen molar-refractivity contribution in [1.29, 1.82) is 0 Å². The van der Waals surface area contributed by atoms with E-state index in [1.165, 1.54) is 6.07 Å². The molecule has 1 saturated carbocycles. The summed E-state index contributed by atoms with van der Waals surface area (Å²) in [5, 5.41) is 15.1. The van der Waals surface area contributed by atoms with Crippen LogP contribution in [-0.4, -0.2) is 35.1 Å². The van der Waals surface area contributed by atoms with E-state index < -0.39 is 76.5 Å². The summed E-state index contributed by atoms with van der Waals surface area (Å²) in [5.41, 5.74) is 1.03. The van der Waals surface area contributed by atoms with Gasteiger partial charge in [-0.15, -0.1) is 13.2 Å². The number of phenolic OH excluding ortho intramolecular Hbond substituents is 1. The van der Waals surface area contributed by atoms with Crippen LogP contribution in [0.1, 0.15) is 29.9 Å². The highest BCUT2D eigenvalue weighted by Crippen LogP contribution is 2.65. The van der Waals surface area contributed by atoms with Gasteiger partial charge in [-0.2, -0.15) is 0 Å². The van der Waals surface area contributed by atoms with Gasteiger partial charge in [-0.05, 0) is 97.1 Å². The average Bonchev–Trinajstić information content (AvgIpc) is 3.60. The van der Waals surface area contributed by atoms with E-state index in [0.29, 0.717) is 16.8 Å². The number of hydrogen-bond donors (Lipinski definition) is 2. The number of ether oxygens (including phenoxy) is 1. The molecular weight excluding hydrogens is 771 g/mol. The number of benzene rings is 5. The zero-order valence-corrected chi connectivity index (χ0v) is 31.2. The molecule has 0 spiro atoms. The highest BCUT2D eigenvalue weighted by atomic mass is 35.5. The van der Waals surface area contributed by atoms with E-state index in [1.807, 2.05) is 30.3 Å². The summed E-state index contributed by atoms with van der Waals surface area (Å²) < 4.78 is 45.3. The van der Waals surface area contributed by atoms with Crippen molar-refractivity contribution in [3.05, 3.63) is 155 Å². The van der Waals surface area contributed by atoms with Crippen molar-refractivity contribution in [1.82, 2.24) is 0 Å². The Kier molecular flexibility index (Phi) is 8.92. The van der Waals surface area contributed by atoms with Crippen molar-refractivity contribution in [3.63, 3.8) is 0 Å². The molecule has 2 aliphatic heterocycles. The lowest BCUT2D eigenvalue weighted by Crippen LogP contribution is -2.53. The number of rotatable bonds is 7. The number of imide groups is 2. The van der Waals surface area contributed by atoms with Crippen molar-refractivity contribution in [2.24, 2.45) is 23.7 Å². The Morgan fingerprint density at radius 2 is 1.41 bits per heavy atom. The molecule has 0 unspecified atom stereocenters. The van der Waals surface area contributed by atoms with Crippen LogP contribution >= 0.6 is 11.6 Å². The number of fused-ring (bicyclic) bond motifs is 4. The summed E-state index contributed by atoms with van der Waals surface area (Å²) in [5.74, 6) is -8.41. The maximum Gasteiger partial charge on any atom is 0.573 e. The summed E-state index contributed by atoms with van der Waals surface area (Å²) in [6, 6.07) is 34.0. The Bertz CT molecular complexity index is 2510. The number of nitrogens with zero attached hydrogens (tertiary/aromatic N) is 2. The van der Waals surface area contributed by atoms with Crippen LogP contribution in [0.25, 0.3) is 0 Å². The molecule has 9 rings (SSSR count). The topological polar surface area (TPSA) is 116 Å². The van der Waals surface area contributed by atoms with Gasteiger partial charge in [0.05, 0.1) is 34.5 Å². The number of carbonyl (C=O) groups is 4. The van der Waals surface area contributed by atoms with Gasteiger partial charge >= 0.3 is 6.36 Å². The second-order valence-corrected chi connectivity index (χ2v) is 15.3. The zero-order chi connectivity index (χ0) is 40.5. The Balaban J connectivity index is 1.19. The molecule has 5 aromatic rings. The largest absolute Gasteiger partial charge is 0.573 e. The number of nitrogens with one attached hydrogen (secondary N) is 1. The molecule has 13 heteroatoms. The Morgan fingerprint density at radius 3 is 2.10 bits per heavy atom. The lowest BCUT2D eigenvalue weighted by molar-refractivity contribution is -0.274. The third-order valence-corrected chi connectivity index (χ3v) is 12.1. The van der Waals surface area contributed by atoms with Crippen LogP contribution in [0.15, 0.2) is 139 Å². The molecule has 2 saturated heterocycles. The summed E-state index contributed by atoms with van der Waals surface area (Å²) in [4.78, 5) is 61.5. The number of carbonyl (C=O) groups excluding carboxylic acids is 4. The highest BCUT2D eigenvalue weighted by molar-refractivity contribution is 6.32. The fraction of sp³-hybridized carbons (Fsp3) is 0.200. The maximum atomic E-state index is 15.4. The molecule has 292 valence electrons. The third kappa shape index (κ3) is 5.93. The lowest BCUT2D eigenvalue weighted by atomic mass is 9.49. The number of halogens is 4. The molecule has 2 aliphatic carbocycles. The van der Waals surface area contributed by atoms with E-state index in [0.717, 1.165) is 39.4 Å². The van der Waals surface area contributed by atoms with E-state index in [1.54, 1.807) is 78.9 Å². The normalized spacial score (nSPS) is 25.2. The van der Waals surface area contributed by atoms with Crippen LogP contribution in [0.3, 0.4) is 0 Å². The number of para-hydroxylation sites is 1. The molecule has 5 aromatic carbocycles. The predicted molar refractivity (Wildman–Crippen MR) is 210 cm³/mol. The van der Waals surface area contributed by atoms with Crippen LogP contribution < -0.4 is 19.9 Å².